The molecule has 0 saturated carbocycles. The van der Waals surface area contributed by atoms with Gasteiger partial charge in [0.25, 0.3) is 5.56 Å². The van der Waals surface area contributed by atoms with Gasteiger partial charge in [0.05, 0.1) is 0 Å². The van der Waals surface area contributed by atoms with Gasteiger partial charge >= 0.3 is 0 Å². The van der Waals surface area contributed by atoms with Crippen molar-refractivity contribution in [3.05, 3.63) is 69.1 Å². The number of thiazole rings is 1. The maximum absolute atomic E-state index is 13.7. The Balaban J connectivity index is 1.77. The van der Waals surface area contributed by atoms with Crippen LogP contribution in [0.15, 0.2) is 40.6 Å². The quantitative estimate of drug-likeness (QED) is 0.797. The van der Waals surface area contributed by atoms with Gasteiger partial charge in [0, 0.05) is 29.3 Å². The second-order valence-electron chi connectivity index (χ2n) is 5.04. The van der Waals surface area contributed by atoms with E-state index in [-0.39, 0.29) is 11.6 Å². The molecule has 2 heterocycles. The fraction of sp³-hybridized carbons (Fsp3) is 0.200. The second kappa shape index (κ2) is 5.94. The standard InChI is InChI=1S/C15H13F2N3OS/c1-9(12-3-2-10(16)6-13(12)17)18-8-11-7-14(21)20-4-5-22-15(20)19-11/h2-7,9,18H,8H2,1H3/p+1/t9-/m0/s1. The van der Waals surface area contributed by atoms with Gasteiger partial charge in [0.15, 0.2) is 4.96 Å². The van der Waals surface area contributed by atoms with Gasteiger partial charge in [-0.3, -0.25) is 9.20 Å². The summed E-state index contributed by atoms with van der Waals surface area (Å²) < 4.78 is 28.1. The van der Waals surface area contributed by atoms with Crippen molar-refractivity contribution in [2.24, 2.45) is 0 Å². The van der Waals surface area contributed by atoms with E-state index in [1.165, 1.54) is 33.9 Å². The summed E-state index contributed by atoms with van der Waals surface area (Å²) in [6.45, 7) is 2.27. The Kier molecular flexibility index (Phi) is 4.00. The Morgan fingerprint density at radius 2 is 2.18 bits per heavy atom. The molecule has 0 radical (unpaired) electrons. The van der Waals surface area contributed by atoms with Gasteiger partial charge in [0.2, 0.25) is 0 Å². The summed E-state index contributed by atoms with van der Waals surface area (Å²) in [6, 6.07) is 4.83. The number of quaternary nitrogens is 1. The highest BCUT2D eigenvalue weighted by Gasteiger charge is 2.15. The first kappa shape index (κ1) is 14.8. The maximum atomic E-state index is 13.7. The van der Waals surface area contributed by atoms with E-state index >= 15 is 0 Å². The molecule has 22 heavy (non-hydrogen) atoms. The predicted octanol–water partition coefficient (Wildman–Crippen LogP) is 1.86. The van der Waals surface area contributed by atoms with Gasteiger partial charge in [-0.1, -0.05) is 0 Å². The fourth-order valence-corrected chi connectivity index (χ4v) is 3.03. The summed E-state index contributed by atoms with van der Waals surface area (Å²) in [4.78, 5) is 16.9. The molecule has 3 aromatic rings. The Labute approximate surface area is 129 Å². The second-order valence-corrected chi connectivity index (χ2v) is 5.91. The van der Waals surface area contributed by atoms with Crippen LogP contribution in [-0.2, 0) is 6.54 Å². The number of fused-ring (bicyclic) bond motifs is 1. The van der Waals surface area contributed by atoms with Crippen molar-refractivity contribution in [1.82, 2.24) is 9.38 Å². The van der Waals surface area contributed by atoms with Crippen LogP contribution >= 0.6 is 11.3 Å². The van der Waals surface area contributed by atoms with Gasteiger partial charge in [-0.05, 0) is 19.1 Å². The zero-order chi connectivity index (χ0) is 15.7. The van der Waals surface area contributed by atoms with E-state index in [1.54, 1.807) is 11.6 Å². The molecular weight excluding hydrogens is 308 g/mol. The minimum Gasteiger partial charge on any atom is -0.335 e. The zero-order valence-electron chi connectivity index (χ0n) is 11.8. The maximum Gasteiger partial charge on any atom is 0.258 e. The summed E-state index contributed by atoms with van der Waals surface area (Å²) in [5, 5.41) is 3.66. The smallest absolute Gasteiger partial charge is 0.258 e. The van der Waals surface area contributed by atoms with Gasteiger partial charge < -0.3 is 5.32 Å². The first-order valence-electron chi connectivity index (χ1n) is 6.78. The van der Waals surface area contributed by atoms with Crippen molar-refractivity contribution >= 4 is 16.3 Å². The van der Waals surface area contributed by atoms with Gasteiger partial charge in [-0.25, -0.2) is 13.8 Å². The third kappa shape index (κ3) is 2.90. The molecule has 0 aliphatic heterocycles. The molecule has 2 N–H and O–H groups in total. The molecule has 0 bridgehead atoms. The number of hydrogen-bond donors (Lipinski definition) is 1. The van der Waals surface area contributed by atoms with Crippen LogP contribution in [0.4, 0.5) is 8.78 Å². The van der Waals surface area contributed by atoms with E-state index in [4.69, 9.17) is 0 Å². The topological polar surface area (TPSA) is 51.0 Å². The van der Waals surface area contributed by atoms with Crippen LogP contribution in [0.1, 0.15) is 24.2 Å². The summed E-state index contributed by atoms with van der Waals surface area (Å²) in [5.41, 5.74) is 0.937. The Hall–Kier alpha value is -2.12. The Morgan fingerprint density at radius 3 is 2.95 bits per heavy atom. The molecule has 7 heteroatoms. The largest absolute Gasteiger partial charge is 0.335 e. The molecule has 0 fully saturated rings. The zero-order valence-corrected chi connectivity index (χ0v) is 12.6. The minimum atomic E-state index is -0.591. The van der Waals surface area contributed by atoms with E-state index in [9.17, 15) is 13.6 Å². The molecule has 3 rings (SSSR count). The number of hydrogen-bond acceptors (Lipinski definition) is 3. The number of aromatic nitrogens is 2. The summed E-state index contributed by atoms with van der Waals surface area (Å²) in [5.74, 6) is -1.16. The van der Waals surface area contributed by atoms with Crippen molar-refractivity contribution in [1.29, 1.82) is 0 Å². The highest BCUT2D eigenvalue weighted by atomic mass is 32.1. The highest BCUT2D eigenvalue weighted by molar-refractivity contribution is 7.15. The van der Waals surface area contributed by atoms with Crippen LogP contribution in [0.3, 0.4) is 0 Å². The number of nitrogens with zero attached hydrogens (tertiary/aromatic N) is 2. The van der Waals surface area contributed by atoms with Crippen LogP contribution in [0, 0.1) is 11.6 Å². The highest BCUT2D eigenvalue weighted by Crippen LogP contribution is 2.15. The number of halogens is 2. The van der Waals surface area contributed by atoms with Crippen LogP contribution in [0.2, 0.25) is 0 Å². The number of nitrogens with two attached hydrogens (primary N) is 1. The molecule has 1 atom stereocenters. The first-order valence-corrected chi connectivity index (χ1v) is 7.66. The Bertz CT molecular complexity index is 875. The van der Waals surface area contributed by atoms with E-state index in [0.29, 0.717) is 22.8 Å². The van der Waals surface area contributed by atoms with Crippen molar-refractivity contribution in [3.8, 4) is 0 Å². The lowest BCUT2D eigenvalue weighted by Crippen LogP contribution is -2.83. The van der Waals surface area contributed by atoms with Crippen molar-refractivity contribution in [2.45, 2.75) is 19.5 Å². The lowest BCUT2D eigenvalue weighted by Gasteiger charge is -2.11. The van der Waals surface area contributed by atoms with Gasteiger partial charge in [0.1, 0.15) is 29.9 Å². The normalized spacial score (nSPS) is 12.7. The van der Waals surface area contributed by atoms with Crippen LogP contribution in [0.5, 0.6) is 0 Å². The minimum absolute atomic E-state index is 0.129. The average molecular weight is 322 g/mol. The third-order valence-corrected chi connectivity index (χ3v) is 4.25. The van der Waals surface area contributed by atoms with Crippen molar-refractivity contribution in [2.75, 3.05) is 0 Å². The molecule has 1 aromatic carbocycles. The fourth-order valence-electron chi connectivity index (χ4n) is 2.29. The number of rotatable bonds is 4. The molecule has 0 aliphatic carbocycles. The average Bonchev–Trinajstić information content (AvgIpc) is 2.93. The lowest BCUT2D eigenvalue weighted by atomic mass is 10.1. The van der Waals surface area contributed by atoms with Crippen molar-refractivity contribution in [3.63, 3.8) is 0 Å². The van der Waals surface area contributed by atoms with Crippen LogP contribution in [0.25, 0.3) is 4.96 Å². The summed E-state index contributed by atoms with van der Waals surface area (Å²) in [6.07, 6.45) is 1.68. The molecule has 0 unspecified atom stereocenters. The monoisotopic (exact) mass is 322 g/mol. The summed E-state index contributed by atoms with van der Waals surface area (Å²) in [7, 11) is 0. The lowest BCUT2D eigenvalue weighted by molar-refractivity contribution is -0.708. The predicted molar refractivity (Wildman–Crippen MR) is 79.7 cm³/mol. The van der Waals surface area contributed by atoms with E-state index in [0.717, 1.165) is 6.07 Å². The van der Waals surface area contributed by atoms with E-state index in [1.807, 2.05) is 12.2 Å². The summed E-state index contributed by atoms with van der Waals surface area (Å²) >= 11 is 1.39. The van der Waals surface area contributed by atoms with Crippen molar-refractivity contribution < 1.29 is 14.1 Å². The molecule has 0 spiro atoms. The molecule has 2 aromatic heterocycles. The molecular formula is C15H14F2N3OS+. The van der Waals surface area contributed by atoms with E-state index in [2.05, 4.69) is 4.98 Å². The van der Waals surface area contributed by atoms with Crippen LogP contribution < -0.4 is 10.9 Å². The Morgan fingerprint density at radius 1 is 1.36 bits per heavy atom. The molecule has 0 aliphatic rings. The molecule has 114 valence electrons. The molecule has 0 saturated heterocycles. The number of benzene rings is 1. The SMILES string of the molecule is C[C@H]([NH2+]Cc1cc(=O)n2ccsc2n1)c1ccc(F)cc1F. The molecule has 4 nitrogen and oxygen atoms in total. The van der Waals surface area contributed by atoms with E-state index < -0.39 is 11.6 Å². The molecule has 0 amide bonds. The first-order chi connectivity index (χ1) is 10.5. The van der Waals surface area contributed by atoms with Crippen LogP contribution in [-0.4, -0.2) is 9.38 Å². The third-order valence-electron chi connectivity index (χ3n) is 3.49. The van der Waals surface area contributed by atoms with Gasteiger partial charge in [-0.15, -0.1) is 11.3 Å². The van der Waals surface area contributed by atoms with Gasteiger partial charge in [-0.2, -0.15) is 0 Å².